The number of nitrogens with zero attached hydrogens (tertiary/aromatic N) is 1. The predicted molar refractivity (Wildman–Crippen MR) is 92.8 cm³/mol. The molecule has 0 bridgehead atoms. The normalized spacial score (nSPS) is 17.5. The van der Waals surface area contributed by atoms with E-state index < -0.39 is 0 Å². The van der Waals surface area contributed by atoms with Crippen LogP contribution in [0, 0.1) is 5.92 Å². The van der Waals surface area contributed by atoms with Gasteiger partial charge in [-0.3, -0.25) is 4.79 Å². The summed E-state index contributed by atoms with van der Waals surface area (Å²) < 4.78 is 5.30. The van der Waals surface area contributed by atoms with Crippen LogP contribution in [-0.2, 0) is 11.3 Å². The van der Waals surface area contributed by atoms with Gasteiger partial charge in [0.1, 0.15) is 5.75 Å². The third-order valence-electron chi connectivity index (χ3n) is 4.14. The van der Waals surface area contributed by atoms with Crippen molar-refractivity contribution in [2.24, 2.45) is 5.92 Å². The van der Waals surface area contributed by atoms with Crippen LogP contribution < -0.4 is 15.4 Å². The summed E-state index contributed by atoms with van der Waals surface area (Å²) in [5, 5.41) is 5.85. The molecule has 1 aliphatic rings. The van der Waals surface area contributed by atoms with E-state index in [1.165, 1.54) is 0 Å². The number of rotatable bonds is 5. The molecule has 132 valence electrons. The number of urea groups is 1. The van der Waals surface area contributed by atoms with Gasteiger partial charge in [-0.1, -0.05) is 18.2 Å². The van der Waals surface area contributed by atoms with Crippen LogP contribution in [0.15, 0.2) is 24.3 Å². The topological polar surface area (TPSA) is 70.7 Å². The SMILES string of the molecule is COc1ccccc1CNC(=O)[C@H]1CCCN(C(=O)NC(C)C)C1. The van der Waals surface area contributed by atoms with E-state index in [0.29, 0.717) is 19.6 Å². The highest BCUT2D eigenvalue weighted by atomic mass is 16.5. The van der Waals surface area contributed by atoms with Gasteiger partial charge in [0.2, 0.25) is 5.91 Å². The molecular weight excluding hydrogens is 306 g/mol. The average Bonchev–Trinajstić information content (AvgIpc) is 2.59. The Labute approximate surface area is 143 Å². The van der Waals surface area contributed by atoms with Gasteiger partial charge >= 0.3 is 6.03 Å². The lowest BCUT2D eigenvalue weighted by Crippen LogP contribution is -2.50. The molecule has 0 aliphatic carbocycles. The lowest BCUT2D eigenvalue weighted by molar-refractivity contribution is -0.126. The van der Waals surface area contributed by atoms with Crippen LogP contribution in [0.25, 0.3) is 0 Å². The number of hydrogen-bond donors (Lipinski definition) is 2. The van der Waals surface area contributed by atoms with Crippen molar-refractivity contribution in [2.45, 2.75) is 39.3 Å². The molecule has 1 heterocycles. The second kappa shape index (κ2) is 8.57. The molecule has 1 aliphatic heterocycles. The molecule has 3 amide bonds. The van der Waals surface area contributed by atoms with Crippen LogP contribution in [0.1, 0.15) is 32.3 Å². The highest BCUT2D eigenvalue weighted by Crippen LogP contribution is 2.19. The number of methoxy groups -OCH3 is 1. The minimum absolute atomic E-state index is 0.0112. The van der Waals surface area contributed by atoms with Crippen LogP contribution in [0.5, 0.6) is 5.75 Å². The van der Waals surface area contributed by atoms with Crippen molar-refractivity contribution in [2.75, 3.05) is 20.2 Å². The summed E-state index contributed by atoms with van der Waals surface area (Å²) in [7, 11) is 1.62. The third-order valence-corrected chi connectivity index (χ3v) is 4.14. The van der Waals surface area contributed by atoms with Gasteiger partial charge in [-0.25, -0.2) is 4.79 Å². The van der Waals surface area contributed by atoms with E-state index in [1.54, 1.807) is 12.0 Å². The Balaban J connectivity index is 1.89. The van der Waals surface area contributed by atoms with Gasteiger partial charge in [0, 0.05) is 31.2 Å². The fourth-order valence-electron chi connectivity index (χ4n) is 2.89. The molecule has 2 rings (SSSR count). The Morgan fingerprint density at radius 1 is 1.33 bits per heavy atom. The Kier molecular flexibility index (Phi) is 6.46. The molecule has 1 atom stereocenters. The minimum atomic E-state index is -0.161. The molecular formula is C18H27N3O3. The molecule has 6 nitrogen and oxygen atoms in total. The molecule has 1 aromatic carbocycles. The molecule has 0 aromatic heterocycles. The molecule has 0 spiro atoms. The molecule has 6 heteroatoms. The largest absolute Gasteiger partial charge is 0.496 e. The first kappa shape index (κ1) is 18.1. The van der Waals surface area contributed by atoms with Crippen LogP contribution in [0.2, 0.25) is 0 Å². The van der Waals surface area contributed by atoms with E-state index in [0.717, 1.165) is 24.2 Å². The Bertz CT molecular complexity index is 574. The molecule has 0 saturated carbocycles. The number of ether oxygens (including phenoxy) is 1. The molecule has 2 N–H and O–H groups in total. The number of benzene rings is 1. The summed E-state index contributed by atoms with van der Waals surface area (Å²) in [6.07, 6.45) is 1.65. The number of likely N-dealkylation sites (tertiary alicyclic amines) is 1. The third kappa shape index (κ3) is 4.88. The summed E-state index contributed by atoms with van der Waals surface area (Å²) in [6.45, 7) is 5.46. The molecule has 0 radical (unpaired) electrons. The summed E-state index contributed by atoms with van der Waals surface area (Å²) >= 11 is 0. The van der Waals surface area contributed by atoms with Crippen molar-refractivity contribution in [3.05, 3.63) is 29.8 Å². The smallest absolute Gasteiger partial charge is 0.317 e. The van der Waals surface area contributed by atoms with E-state index >= 15 is 0 Å². The van der Waals surface area contributed by atoms with Crippen molar-refractivity contribution >= 4 is 11.9 Å². The second-order valence-electron chi connectivity index (χ2n) is 6.42. The monoisotopic (exact) mass is 333 g/mol. The van der Waals surface area contributed by atoms with Crippen molar-refractivity contribution in [1.82, 2.24) is 15.5 Å². The fraction of sp³-hybridized carbons (Fsp3) is 0.556. The quantitative estimate of drug-likeness (QED) is 0.867. The van der Waals surface area contributed by atoms with E-state index in [1.807, 2.05) is 38.1 Å². The van der Waals surface area contributed by atoms with Crippen LogP contribution >= 0.6 is 0 Å². The molecule has 1 aromatic rings. The minimum Gasteiger partial charge on any atom is -0.496 e. The first-order chi connectivity index (χ1) is 11.5. The van der Waals surface area contributed by atoms with Crippen molar-refractivity contribution in [3.8, 4) is 5.75 Å². The summed E-state index contributed by atoms with van der Waals surface area (Å²) in [5.41, 5.74) is 0.943. The van der Waals surface area contributed by atoms with Gasteiger partial charge in [0.15, 0.2) is 0 Å². The zero-order chi connectivity index (χ0) is 17.5. The Morgan fingerprint density at radius 3 is 2.79 bits per heavy atom. The maximum absolute atomic E-state index is 12.5. The van der Waals surface area contributed by atoms with E-state index in [-0.39, 0.29) is 23.9 Å². The number of para-hydroxylation sites is 1. The Morgan fingerprint density at radius 2 is 2.08 bits per heavy atom. The maximum Gasteiger partial charge on any atom is 0.317 e. The summed E-state index contributed by atoms with van der Waals surface area (Å²) in [4.78, 5) is 26.3. The zero-order valence-electron chi connectivity index (χ0n) is 14.7. The van der Waals surface area contributed by atoms with Gasteiger partial charge < -0.3 is 20.3 Å². The lowest BCUT2D eigenvalue weighted by Gasteiger charge is -2.32. The molecule has 1 saturated heterocycles. The molecule has 0 unspecified atom stereocenters. The highest BCUT2D eigenvalue weighted by Gasteiger charge is 2.28. The number of amides is 3. The number of carbonyl (C=O) groups excluding carboxylic acids is 2. The van der Waals surface area contributed by atoms with Crippen LogP contribution in [-0.4, -0.2) is 43.1 Å². The number of nitrogens with one attached hydrogen (secondary N) is 2. The molecule has 1 fully saturated rings. The molecule has 24 heavy (non-hydrogen) atoms. The van der Waals surface area contributed by atoms with Crippen molar-refractivity contribution in [1.29, 1.82) is 0 Å². The number of hydrogen-bond acceptors (Lipinski definition) is 3. The second-order valence-corrected chi connectivity index (χ2v) is 6.42. The first-order valence-electron chi connectivity index (χ1n) is 8.46. The van der Waals surface area contributed by atoms with Crippen LogP contribution in [0.3, 0.4) is 0 Å². The predicted octanol–water partition coefficient (Wildman–Crippen LogP) is 2.14. The Hall–Kier alpha value is -2.24. The lowest BCUT2D eigenvalue weighted by atomic mass is 9.97. The van der Waals surface area contributed by atoms with E-state index in [4.69, 9.17) is 4.74 Å². The summed E-state index contributed by atoms with van der Waals surface area (Å²) in [5.74, 6) is 0.591. The van der Waals surface area contributed by atoms with Crippen LogP contribution in [0.4, 0.5) is 4.79 Å². The average molecular weight is 333 g/mol. The number of carbonyl (C=O) groups is 2. The van der Waals surface area contributed by atoms with Crippen molar-refractivity contribution in [3.63, 3.8) is 0 Å². The number of piperidine rings is 1. The van der Waals surface area contributed by atoms with Gasteiger partial charge in [-0.05, 0) is 32.8 Å². The van der Waals surface area contributed by atoms with Gasteiger partial charge in [0.05, 0.1) is 13.0 Å². The fourth-order valence-corrected chi connectivity index (χ4v) is 2.89. The maximum atomic E-state index is 12.5. The van der Waals surface area contributed by atoms with Crippen molar-refractivity contribution < 1.29 is 14.3 Å². The highest BCUT2D eigenvalue weighted by molar-refractivity contribution is 5.81. The van der Waals surface area contributed by atoms with Gasteiger partial charge in [0.25, 0.3) is 0 Å². The van der Waals surface area contributed by atoms with Gasteiger partial charge in [-0.2, -0.15) is 0 Å². The first-order valence-corrected chi connectivity index (χ1v) is 8.46. The van der Waals surface area contributed by atoms with E-state index in [2.05, 4.69) is 10.6 Å². The van der Waals surface area contributed by atoms with E-state index in [9.17, 15) is 9.59 Å². The standard InChI is InChI=1S/C18H27N3O3/c1-13(2)20-18(23)21-10-6-8-15(12-21)17(22)19-11-14-7-4-5-9-16(14)24-3/h4-5,7,9,13,15H,6,8,10-12H2,1-3H3,(H,19,22)(H,20,23)/t15-/m0/s1. The zero-order valence-corrected chi connectivity index (χ0v) is 14.7. The van der Waals surface area contributed by atoms with Gasteiger partial charge in [-0.15, -0.1) is 0 Å². The summed E-state index contributed by atoms with van der Waals surface area (Å²) in [6, 6.07) is 7.63.